The van der Waals surface area contributed by atoms with Crippen LogP contribution in [0.3, 0.4) is 0 Å². The van der Waals surface area contributed by atoms with E-state index in [-0.39, 0.29) is 5.41 Å². The smallest absolute Gasteiger partial charge is 0.0561 e. The standard InChI is InChI=1S/C49H36N2/c1-49(2)44-23-13-11-20-39(44)43-31-33(25-29-45(43)49)37-28-30-47(40-21-10-9-19-38(37)40)50(34-15-5-3-6-16-34)36-26-27-42-41-22-12-14-24-46(41)51(48(42)32-36)35-17-7-4-8-18-35/h3-32H,1-2H3. The minimum atomic E-state index is -0.0140. The highest BCUT2D eigenvalue weighted by Gasteiger charge is 2.35. The number of fused-ring (bicyclic) bond motifs is 7. The number of rotatable bonds is 5. The third-order valence-electron chi connectivity index (χ3n) is 11.0. The molecule has 0 N–H and O–H groups in total. The van der Waals surface area contributed by atoms with Gasteiger partial charge in [-0.2, -0.15) is 0 Å². The van der Waals surface area contributed by atoms with E-state index >= 15 is 0 Å². The van der Waals surface area contributed by atoms with Gasteiger partial charge >= 0.3 is 0 Å². The molecule has 0 spiro atoms. The second-order valence-corrected chi connectivity index (χ2v) is 14.2. The molecular formula is C49H36N2. The first-order valence-electron chi connectivity index (χ1n) is 17.8. The van der Waals surface area contributed by atoms with Crippen LogP contribution in [0, 0.1) is 0 Å². The monoisotopic (exact) mass is 652 g/mol. The van der Waals surface area contributed by atoms with E-state index in [0.29, 0.717) is 0 Å². The normalized spacial score (nSPS) is 13.1. The molecule has 2 nitrogen and oxygen atoms in total. The van der Waals surface area contributed by atoms with Crippen LogP contribution in [0.1, 0.15) is 25.0 Å². The van der Waals surface area contributed by atoms with Gasteiger partial charge in [-0.15, -0.1) is 0 Å². The van der Waals surface area contributed by atoms with E-state index in [1.807, 2.05) is 0 Å². The van der Waals surface area contributed by atoms with Gasteiger partial charge in [0, 0.05) is 38.6 Å². The fourth-order valence-corrected chi connectivity index (χ4v) is 8.58. The molecule has 9 aromatic rings. The van der Waals surface area contributed by atoms with Crippen LogP contribution in [0.4, 0.5) is 17.1 Å². The molecule has 8 aromatic carbocycles. The highest BCUT2D eigenvalue weighted by atomic mass is 15.1. The molecule has 0 bridgehead atoms. The molecule has 0 atom stereocenters. The van der Waals surface area contributed by atoms with Crippen molar-refractivity contribution in [3.05, 3.63) is 193 Å². The lowest BCUT2D eigenvalue weighted by atomic mass is 9.82. The zero-order valence-corrected chi connectivity index (χ0v) is 28.7. The molecule has 1 aliphatic rings. The van der Waals surface area contributed by atoms with Crippen LogP contribution in [-0.2, 0) is 5.41 Å². The average Bonchev–Trinajstić information content (AvgIpc) is 3.63. The van der Waals surface area contributed by atoms with Crippen molar-refractivity contribution in [3.8, 4) is 27.9 Å². The SMILES string of the molecule is CC1(C)c2ccccc2-c2cc(-c3ccc(N(c4ccccc4)c4ccc5c6ccccc6n(-c6ccccc6)c5c4)c4ccccc34)ccc21. The van der Waals surface area contributed by atoms with E-state index in [0.717, 1.165) is 22.7 Å². The van der Waals surface area contributed by atoms with Gasteiger partial charge in [-0.25, -0.2) is 0 Å². The minimum Gasteiger partial charge on any atom is -0.310 e. The molecule has 242 valence electrons. The summed E-state index contributed by atoms with van der Waals surface area (Å²) in [5, 5.41) is 4.95. The van der Waals surface area contributed by atoms with E-state index in [2.05, 4.69) is 205 Å². The number of hydrogen-bond donors (Lipinski definition) is 0. The first-order valence-corrected chi connectivity index (χ1v) is 17.8. The van der Waals surface area contributed by atoms with Crippen LogP contribution in [0.2, 0.25) is 0 Å². The van der Waals surface area contributed by atoms with E-state index in [4.69, 9.17) is 0 Å². The van der Waals surface area contributed by atoms with Gasteiger partial charge in [-0.3, -0.25) is 0 Å². The van der Waals surface area contributed by atoms with Crippen molar-refractivity contribution in [1.29, 1.82) is 0 Å². The molecule has 1 aromatic heterocycles. The first kappa shape index (κ1) is 29.5. The largest absolute Gasteiger partial charge is 0.310 e. The molecule has 51 heavy (non-hydrogen) atoms. The van der Waals surface area contributed by atoms with E-state index in [9.17, 15) is 0 Å². The molecule has 1 heterocycles. The van der Waals surface area contributed by atoms with Crippen molar-refractivity contribution in [2.75, 3.05) is 4.90 Å². The maximum Gasteiger partial charge on any atom is 0.0561 e. The summed E-state index contributed by atoms with van der Waals surface area (Å²) in [5.41, 5.74) is 14.9. The predicted octanol–water partition coefficient (Wildman–Crippen LogP) is 13.4. The average molecular weight is 653 g/mol. The van der Waals surface area contributed by atoms with Gasteiger partial charge in [0.15, 0.2) is 0 Å². The molecule has 0 amide bonds. The molecule has 2 heteroatoms. The summed E-state index contributed by atoms with van der Waals surface area (Å²) in [5.74, 6) is 0. The Hall–Kier alpha value is -6.38. The molecular weight excluding hydrogens is 617 g/mol. The van der Waals surface area contributed by atoms with Crippen molar-refractivity contribution in [2.24, 2.45) is 0 Å². The van der Waals surface area contributed by atoms with Gasteiger partial charge in [0.1, 0.15) is 0 Å². The maximum absolute atomic E-state index is 2.42. The summed E-state index contributed by atoms with van der Waals surface area (Å²) in [6, 6.07) is 66.6. The third-order valence-corrected chi connectivity index (χ3v) is 11.0. The van der Waals surface area contributed by atoms with Gasteiger partial charge in [0.05, 0.1) is 16.7 Å². The Bertz CT molecular complexity index is 2770. The Morgan fingerprint density at radius 1 is 0.412 bits per heavy atom. The lowest BCUT2D eigenvalue weighted by Crippen LogP contribution is -2.14. The summed E-state index contributed by atoms with van der Waals surface area (Å²) in [6.07, 6.45) is 0. The van der Waals surface area contributed by atoms with Crippen LogP contribution in [-0.4, -0.2) is 4.57 Å². The van der Waals surface area contributed by atoms with Gasteiger partial charge in [-0.05, 0) is 93.4 Å². The van der Waals surface area contributed by atoms with Crippen LogP contribution >= 0.6 is 0 Å². The first-order chi connectivity index (χ1) is 25.1. The van der Waals surface area contributed by atoms with Crippen molar-refractivity contribution in [3.63, 3.8) is 0 Å². The number of para-hydroxylation sites is 3. The quantitative estimate of drug-likeness (QED) is 0.180. The van der Waals surface area contributed by atoms with Crippen molar-refractivity contribution in [2.45, 2.75) is 19.3 Å². The maximum atomic E-state index is 2.42. The zero-order valence-electron chi connectivity index (χ0n) is 28.7. The Balaban J connectivity index is 1.18. The van der Waals surface area contributed by atoms with Crippen LogP contribution in [0.15, 0.2) is 182 Å². The molecule has 0 unspecified atom stereocenters. The predicted molar refractivity (Wildman–Crippen MR) is 216 cm³/mol. The summed E-state index contributed by atoms with van der Waals surface area (Å²) >= 11 is 0. The lowest BCUT2D eigenvalue weighted by molar-refractivity contribution is 0.660. The van der Waals surface area contributed by atoms with Crippen LogP contribution < -0.4 is 4.90 Å². The Kier molecular flexibility index (Phi) is 6.56. The van der Waals surface area contributed by atoms with E-state index < -0.39 is 0 Å². The van der Waals surface area contributed by atoms with E-state index in [1.54, 1.807) is 0 Å². The van der Waals surface area contributed by atoms with Gasteiger partial charge in [0.25, 0.3) is 0 Å². The number of hydrogen-bond acceptors (Lipinski definition) is 1. The fraction of sp³-hybridized carbons (Fsp3) is 0.0612. The van der Waals surface area contributed by atoms with Crippen molar-refractivity contribution in [1.82, 2.24) is 4.57 Å². The van der Waals surface area contributed by atoms with Gasteiger partial charge < -0.3 is 9.47 Å². The molecule has 0 saturated heterocycles. The number of anilines is 3. The molecule has 0 fully saturated rings. The van der Waals surface area contributed by atoms with Crippen molar-refractivity contribution < 1.29 is 0 Å². The molecule has 0 saturated carbocycles. The number of aromatic nitrogens is 1. The number of nitrogens with zero attached hydrogens (tertiary/aromatic N) is 2. The summed E-state index contributed by atoms with van der Waals surface area (Å²) in [4.78, 5) is 2.42. The summed E-state index contributed by atoms with van der Waals surface area (Å²) < 4.78 is 2.39. The molecule has 0 radical (unpaired) electrons. The zero-order chi connectivity index (χ0) is 34.1. The number of benzene rings is 8. The molecule has 0 aliphatic heterocycles. The summed E-state index contributed by atoms with van der Waals surface area (Å²) in [7, 11) is 0. The Labute approximate surface area is 298 Å². The molecule has 10 rings (SSSR count). The highest BCUT2D eigenvalue weighted by Crippen LogP contribution is 2.50. The van der Waals surface area contributed by atoms with E-state index in [1.165, 1.54) is 66.0 Å². The summed E-state index contributed by atoms with van der Waals surface area (Å²) in [6.45, 7) is 4.69. The van der Waals surface area contributed by atoms with Gasteiger partial charge in [-0.1, -0.05) is 141 Å². The Morgan fingerprint density at radius 2 is 1.06 bits per heavy atom. The fourth-order valence-electron chi connectivity index (χ4n) is 8.58. The van der Waals surface area contributed by atoms with Crippen LogP contribution in [0.25, 0.3) is 60.5 Å². The second-order valence-electron chi connectivity index (χ2n) is 14.2. The topological polar surface area (TPSA) is 8.17 Å². The third kappa shape index (κ3) is 4.50. The van der Waals surface area contributed by atoms with Crippen molar-refractivity contribution >= 4 is 49.6 Å². The lowest BCUT2D eigenvalue weighted by Gasteiger charge is -2.28. The van der Waals surface area contributed by atoms with Gasteiger partial charge in [0.2, 0.25) is 0 Å². The second kappa shape index (κ2) is 11.3. The molecule has 1 aliphatic carbocycles. The highest BCUT2D eigenvalue weighted by molar-refractivity contribution is 6.11. The minimum absolute atomic E-state index is 0.0140. The van der Waals surface area contributed by atoms with Crippen LogP contribution in [0.5, 0.6) is 0 Å². The Morgan fingerprint density at radius 3 is 1.88 bits per heavy atom.